The summed E-state index contributed by atoms with van der Waals surface area (Å²) in [6.07, 6.45) is 0.684. The summed E-state index contributed by atoms with van der Waals surface area (Å²) >= 11 is 6.21. The van der Waals surface area contributed by atoms with Crippen molar-refractivity contribution in [1.29, 1.82) is 5.26 Å². The lowest BCUT2D eigenvalue weighted by Gasteiger charge is -2.23. The smallest absolute Gasteiger partial charge is 0.230 e. The van der Waals surface area contributed by atoms with Gasteiger partial charge in [0.15, 0.2) is 0 Å². The topological polar surface area (TPSA) is 74.0 Å². The number of hydrogen-bond acceptors (Lipinski definition) is 4. The first kappa shape index (κ1) is 19.2. The first-order valence-electron chi connectivity index (χ1n) is 8.83. The van der Waals surface area contributed by atoms with Crippen LogP contribution in [0, 0.1) is 23.1 Å². The molecule has 1 amide bonds. The number of benzene rings is 2. The van der Waals surface area contributed by atoms with Crippen molar-refractivity contribution in [2.24, 2.45) is 13.0 Å². The van der Waals surface area contributed by atoms with E-state index in [-0.39, 0.29) is 22.7 Å². The van der Waals surface area contributed by atoms with E-state index in [4.69, 9.17) is 16.9 Å². The van der Waals surface area contributed by atoms with Crippen LogP contribution in [0.1, 0.15) is 12.0 Å². The van der Waals surface area contributed by atoms with Gasteiger partial charge in [-0.05, 0) is 30.7 Å². The minimum Gasteiger partial charge on any atom is -0.341 e. The van der Waals surface area contributed by atoms with E-state index in [0.717, 1.165) is 6.07 Å². The number of rotatable bonds is 4. The highest BCUT2D eigenvalue weighted by Crippen LogP contribution is 2.39. The summed E-state index contributed by atoms with van der Waals surface area (Å²) in [6, 6.07) is 7.77. The minimum absolute atomic E-state index is 0.0815. The molecule has 4 rings (SSSR count). The molecule has 1 aromatic heterocycles. The molecule has 0 spiro atoms. The number of nitriles is 1. The molecule has 1 fully saturated rings. The molecule has 1 aliphatic rings. The molecule has 3 aromatic rings. The van der Waals surface area contributed by atoms with Crippen LogP contribution >= 0.6 is 11.6 Å². The highest BCUT2D eigenvalue weighted by atomic mass is 35.5. The van der Waals surface area contributed by atoms with E-state index < -0.39 is 23.8 Å². The fourth-order valence-electron chi connectivity index (χ4n) is 3.24. The van der Waals surface area contributed by atoms with Crippen molar-refractivity contribution >= 4 is 45.6 Å². The van der Waals surface area contributed by atoms with Gasteiger partial charge < -0.3 is 14.8 Å². The molecule has 1 saturated carbocycles. The number of anilines is 3. The quantitative estimate of drug-likeness (QED) is 0.689. The van der Waals surface area contributed by atoms with Gasteiger partial charge in [0.05, 0.1) is 45.8 Å². The molecule has 0 aliphatic heterocycles. The predicted molar refractivity (Wildman–Crippen MR) is 107 cm³/mol. The number of nitrogens with one attached hydrogen (secondary N) is 1. The SMILES string of the molecule is CN(c1cc(NC(=O)[C@H]2CC2F)c2ncn(C)c2c1)c1c(F)cc(C#N)cc1Cl. The standard InChI is InChI=1S/C20H16ClF2N5O/c1-27-9-25-18-16(26-20(29)12-7-14(12)22)5-11(6-17(18)27)28(2)19-13(21)3-10(8-24)4-15(19)23/h3-6,9,12,14H,7H2,1-2H3,(H,26,29)/t12-,14?/m0/s1. The van der Waals surface area contributed by atoms with Crippen LogP contribution in [-0.2, 0) is 11.8 Å². The summed E-state index contributed by atoms with van der Waals surface area (Å²) in [4.78, 5) is 18.1. The fourth-order valence-corrected chi connectivity index (χ4v) is 3.58. The van der Waals surface area contributed by atoms with Gasteiger partial charge in [-0.25, -0.2) is 13.8 Å². The summed E-state index contributed by atoms with van der Waals surface area (Å²) < 4.78 is 29.6. The van der Waals surface area contributed by atoms with Gasteiger partial charge in [0.25, 0.3) is 0 Å². The zero-order chi connectivity index (χ0) is 20.9. The first-order chi connectivity index (χ1) is 13.8. The van der Waals surface area contributed by atoms with Gasteiger partial charge in [0.2, 0.25) is 5.91 Å². The number of amides is 1. The van der Waals surface area contributed by atoms with Crippen LogP contribution in [0.5, 0.6) is 0 Å². The number of imidazole rings is 1. The Morgan fingerprint density at radius 3 is 2.76 bits per heavy atom. The molecule has 9 heteroatoms. The maximum atomic E-state index is 14.6. The molecule has 0 radical (unpaired) electrons. The van der Waals surface area contributed by atoms with E-state index in [2.05, 4.69) is 10.3 Å². The average molecular weight is 416 g/mol. The van der Waals surface area contributed by atoms with E-state index >= 15 is 0 Å². The van der Waals surface area contributed by atoms with Crippen molar-refractivity contribution in [3.63, 3.8) is 0 Å². The summed E-state index contributed by atoms with van der Waals surface area (Å²) in [6.45, 7) is 0. The van der Waals surface area contributed by atoms with Crippen LogP contribution < -0.4 is 10.2 Å². The van der Waals surface area contributed by atoms with Gasteiger partial charge in [-0.15, -0.1) is 0 Å². The molecule has 1 aliphatic carbocycles. The normalized spacial score (nSPS) is 17.8. The highest BCUT2D eigenvalue weighted by molar-refractivity contribution is 6.33. The van der Waals surface area contributed by atoms with Crippen LogP contribution in [0.4, 0.5) is 25.8 Å². The third-order valence-corrected chi connectivity index (χ3v) is 5.28. The summed E-state index contributed by atoms with van der Waals surface area (Å²) in [5.74, 6) is -1.71. The molecular weight excluding hydrogens is 400 g/mol. The summed E-state index contributed by atoms with van der Waals surface area (Å²) in [5, 5.41) is 11.8. The van der Waals surface area contributed by atoms with Gasteiger partial charge in [0.1, 0.15) is 17.5 Å². The van der Waals surface area contributed by atoms with Gasteiger partial charge in [0, 0.05) is 19.8 Å². The van der Waals surface area contributed by atoms with Crippen molar-refractivity contribution in [3.05, 3.63) is 47.0 Å². The van der Waals surface area contributed by atoms with E-state index in [1.54, 1.807) is 37.1 Å². The highest BCUT2D eigenvalue weighted by Gasteiger charge is 2.43. The predicted octanol–water partition coefficient (Wildman–Crippen LogP) is 4.30. The van der Waals surface area contributed by atoms with Crippen LogP contribution in [0.2, 0.25) is 5.02 Å². The molecule has 29 heavy (non-hydrogen) atoms. The number of aromatic nitrogens is 2. The molecule has 1 heterocycles. The number of hydrogen-bond donors (Lipinski definition) is 1. The monoisotopic (exact) mass is 415 g/mol. The second kappa shape index (κ2) is 7.01. The Hall–Kier alpha value is -3.18. The molecule has 0 bridgehead atoms. The Balaban J connectivity index is 1.79. The Morgan fingerprint density at radius 2 is 2.14 bits per heavy atom. The lowest BCUT2D eigenvalue weighted by atomic mass is 10.1. The second-order valence-electron chi connectivity index (χ2n) is 7.02. The summed E-state index contributed by atoms with van der Waals surface area (Å²) in [5.41, 5.74) is 2.39. The first-order valence-corrected chi connectivity index (χ1v) is 9.21. The number of nitrogens with zero attached hydrogens (tertiary/aromatic N) is 4. The lowest BCUT2D eigenvalue weighted by Crippen LogP contribution is -2.17. The number of halogens is 3. The molecule has 0 saturated heterocycles. The maximum Gasteiger partial charge on any atom is 0.230 e. The van der Waals surface area contributed by atoms with Crippen molar-refractivity contribution in [2.45, 2.75) is 12.6 Å². The minimum atomic E-state index is -1.12. The number of fused-ring (bicyclic) bond motifs is 1. The summed E-state index contributed by atoms with van der Waals surface area (Å²) in [7, 11) is 3.41. The molecule has 148 valence electrons. The Bertz CT molecular complexity index is 1160. The zero-order valence-electron chi connectivity index (χ0n) is 15.6. The molecule has 2 aromatic carbocycles. The van der Waals surface area contributed by atoms with Crippen LogP contribution in [0.3, 0.4) is 0 Å². The van der Waals surface area contributed by atoms with Crippen molar-refractivity contribution in [2.75, 3.05) is 17.3 Å². The second-order valence-corrected chi connectivity index (χ2v) is 7.43. The molecular formula is C20H16ClF2N5O. The molecule has 2 atom stereocenters. The zero-order valence-corrected chi connectivity index (χ0v) is 16.3. The average Bonchev–Trinajstić information content (AvgIpc) is 3.30. The van der Waals surface area contributed by atoms with Crippen molar-refractivity contribution < 1.29 is 13.6 Å². The van der Waals surface area contributed by atoms with Gasteiger partial charge in [-0.3, -0.25) is 4.79 Å². The largest absolute Gasteiger partial charge is 0.341 e. The number of aryl methyl sites for hydroxylation is 1. The third kappa shape index (κ3) is 3.38. The Kier molecular flexibility index (Phi) is 4.63. The molecule has 1 unspecified atom stereocenters. The maximum absolute atomic E-state index is 14.6. The fraction of sp³-hybridized carbons (Fsp3) is 0.250. The number of carbonyl (C=O) groups excluding carboxylic acids is 1. The number of carbonyl (C=O) groups is 1. The van der Waals surface area contributed by atoms with E-state index in [1.165, 1.54) is 11.0 Å². The third-order valence-electron chi connectivity index (χ3n) is 4.99. The van der Waals surface area contributed by atoms with Gasteiger partial charge in [-0.1, -0.05) is 11.6 Å². The Labute approximate surface area is 170 Å². The lowest BCUT2D eigenvalue weighted by molar-refractivity contribution is -0.117. The van der Waals surface area contributed by atoms with Crippen LogP contribution in [-0.4, -0.2) is 28.7 Å². The van der Waals surface area contributed by atoms with E-state index in [0.29, 0.717) is 22.4 Å². The van der Waals surface area contributed by atoms with Crippen LogP contribution in [0.15, 0.2) is 30.6 Å². The van der Waals surface area contributed by atoms with Crippen molar-refractivity contribution in [3.8, 4) is 6.07 Å². The van der Waals surface area contributed by atoms with Crippen LogP contribution in [0.25, 0.3) is 11.0 Å². The molecule has 6 nitrogen and oxygen atoms in total. The van der Waals surface area contributed by atoms with E-state index in [1.807, 2.05) is 6.07 Å². The van der Waals surface area contributed by atoms with Crippen molar-refractivity contribution in [1.82, 2.24) is 9.55 Å². The van der Waals surface area contributed by atoms with Gasteiger partial charge >= 0.3 is 0 Å². The van der Waals surface area contributed by atoms with E-state index in [9.17, 15) is 13.6 Å². The molecule has 1 N–H and O–H groups in total. The van der Waals surface area contributed by atoms with Gasteiger partial charge in [-0.2, -0.15) is 5.26 Å². The number of alkyl halides is 1. The Morgan fingerprint density at radius 1 is 1.41 bits per heavy atom.